The minimum absolute atomic E-state index is 0.0721. The lowest BCUT2D eigenvalue weighted by Crippen LogP contribution is -2.28. The third kappa shape index (κ3) is 3.39. The number of rotatable bonds is 5. The fourth-order valence-electron chi connectivity index (χ4n) is 1.41. The molecule has 8 heteroatoms. The summed E-state index contributed by atoms with van der Waals surface area (Å²) in [5, 5.41) is 10.9. The van der Waals surface area contributed by atoms with E-state index in [-0.39, 0.29) is 18.8 Å². The molecular formula is C10H12BrN3O4. The summed E-state index contributed by atoms with van der Waals surface area (Å²) in [6, 6.07) is 0. The Hall–Kier alpha value is -1.70. The summed E-state index contributed by atoms with van der Waals surface area (Å²) in [5.41, 5.74) is 0.124. The number of nitro groups is 1. The van der Waals surface area contributed by atoms with E-state index >= 15 is 0 Å². The molecule has 0 aliphatic carbocycles. The quantitative estimate of drug-likeness (QED) is 0.467. The molecule has 0 saturated heterocycles. The summed E-state index contributed by atoms with van der Waals surface area (Å²) in [6.07, 6.45) is 2.58. The van der Waals surface area contributed by atoms with Crippen LogP contribution in [0.15, 0.2) is 16.9 Å². The van der Waals surface area contributed by atoms with Gasteiger partial charge in [-0.15, -0.1) is 0 Å². The second-order valence-electron chi connectivity index (χ2n) is 3.41. The third-order valence-electron chi connectivity index (χ3n) is 2.10. The maximum Gasteiger partial charge on any atom is 0.325 e. The zero-order valence-corrected chi connectivity index (χ0v) is 11.5. The molecule has 18 heavy (non-hydrogen) atoms. The molecule has 0 saturated carbocycles. The van der Waals surface area contributed by atoms with E-state index < -0.39 is 10.9 Å². The normalized spacial score (nSPS) is 9.94. The van der Waals surface area contributed by atoms with Crippen LogP contribution < -0.4 is 4.90 Å². The molecule has 0 bridgehead atoms. The molecule has 0 aliphatic rings. The number of carbonyl (C=O) groups is 1. The lowest BCUT2D eigenvalue weighted by atomic mass is 10.3. The highest BCUT2D eigenvalue weighted by atomic mass is 79.9. The van der Waals surface area contributed by atoms with Crippen molar-refractivity contribution < 1.29 is 14.5 Å². The van der Waals surface area contributed by atoms with Crippen LogP contribution in [-0.4, -0.2) is 36.1 Å². The highest BCUT2D eigenvalue weighted by Gasteiger charge is 2.22. The average molecular weight is 318 g/mol. The van der Waals surface area contributed by atoms with Crippen LogP contribution in [-0.2, 0) is 9.53 Å². The molecule has 1 aromatic heterocycles. The van der Waals surface area contributed by atoms with E-state index in [4.69, 9.17) is 4.74 Å². The first kappa shape index (κ1) is 14.4. The fourth-order valence-corrected chi connectivity index (χ4v) is 2.03. The van der Waals surface area contributed by atoms with Gasteiger partial charge in [0, 0.05) is 13.2 Å². The summed E-state index contributed by atoms with van der Waals surface area (Å²) < 4.78 is 5.24. The van der Waals surface area contributed by atoms with Gasteiger partial charge < -0.3 is 9.64 Å². The molecule has 0 fully saturated rings. The van der Waals surface area contributed by atoms with E-state index in [1.54, 1.807) is 14.0 Å². The minimum atomic E-state index is -0.547. The lowest BCUT2D eigenvalue weighted by molar-refractivity contribution is -0.384. The fraction of sp³-hybridized carbons (Fsp3) is 0.400. The first-order valence-electron chi connectivity index (χ1n) is 5.12. The monoisotopic (exact) mass is 317 g/mol. The predicted molar refractivity (Wildman–Crippen MR) is 68.5 cm³/mol. The molecule has 0 amide bonds. The van der Waals surface area contributed by atoms with E-state index in [1.807, 2.05) is 0 Å². The Balaban J connectivity index is 3.00. The van der Waals surface area contributed by atoms with Gasteiger partial charge in [0.1, 0.15) is 18.4 Å². The smallest absolute Gasteiger partial charge is 0.325 e. The van der Waals surface area contributed by atoms with Crippen molar-refractivity contribution in [3.63, 3.8) is 0 Å². The molecule has 0 spiro atoms. The average Bonchev–Trinajstić information content (AvgIpc) is 2.28. The molecule has 0 radical (unpaired) electrons. The number of ether oxygens (including phenoxy) is 1. The van der Waals surface area contributed by atoms with E-state index in [9.17, 15) is 14.9 Å². The van der Waals surface area contributed by atoms with Crippen molar-refractivity contribution in [2.24, 2.45) is 0 Å². The number of esters is 1. The van der Waals surface area contributed by atoms with Crippen LogP contribution in [0.1, 0.15) is 6.92 Å². The highest BCUT2D eigenvalue weighted by Crippen LogP contribution is 2.33. The summed E-state index contributed by atoms with van der Waals surface area (Å²) >= 11 is 3.18. The third-order valence-corrected chi connectivity index (χ3v) is 2.68. The zero-order valence-electron chi connectivity index (χ0n) is 9.92. The van der Waals surface area contributed by atoms with Crippen LogP contribution in [0.4, 0.5) is 11.4 Å². The molecule has 0 atom stereocenters. The van der Waals surface area contributed by atoms with Gasteiger partial charge in [-0.3, -0.25) is 19.9 Å². The number of hydrogen-bond acceptors (Lipinski definition) is 6. The maximum absolute atomic E-state index is 11.4. The Morgan fingerprint density at radius 1 is 1.61 bits per heavy atom. The lowest BCUT2D eigenvalue weighted by Gasteiger charge is -2.18. The number of likely N-dealkylation sites (N-methyl/N-ethyl adjacent to an activating group) is 1. The van der Waals surface area contributed by atoms with Gasteiger partial charge in [-0.05, 0) is 22.9 Å². The summed E-state index contributed by atoms with van der Waals surface area (Å²) in [7, 11) is 1.57. The predicted octanol–water partition coefficient (Wildman–Crippen LogP) is 1.75. The molecule has 7 nitrogen and oxygen atoms in total. The van der Waals surface area contributed by atoms with E-state index in [0.717, 1.165) is 6.20 Å². The van der Waals surface area contributed by atoms with E-state index in [1.165, 1.54) is 11.1 Å². The molecule has 0 unspecified atom stereocenters. The number of carbonyl (C=O) groups excluding carboxylic acids is 1. The highest BCUT2D eigenvalue weighted by molar-refractivity contribution is 9.10. The largest absolute Gasteiger partial charge is 0.465 e. The van der Waals surface area contributed by atoms with Gasteiger partial charge in [-0.25, -0.2) is 0 Å². The van der Waals surface area contributed by atoms with Gasteiger partial charge >= 0.3 is 11.7 Å². The van der Waals surface area contributed by atoms with Crippen LogP contribution in [0.5, 0.6) is 0 Å². The standard InChI is InChI=1S/C10H12BrN3O4/c1-3-18-9(15)6-13(2)10-7(11)4-12-5-8(10)14(16)17/h4-5H,3,6H2,1-2H3. The van der Waals surface area contributed by atoms with Crippen molar-refractivity contribution >= 4 is 33.3 Å². The Bertz CT molecular complexity index is 466. The molecule has 0 aromatic carbocycles. The molecule has 1 aromatic rings. The van der Waals surface area contributed by atoms with Crippen LogP contribution in [0.2, 0.25) is 0 Å². The molecule has 1 rings (SSSR count). The summed E-state index contributed by atoms with van der Waals surface area (Å²) in [4.78, 5) is 26.9. The number of anilines is 1. The van der Waals surface area contributed by atoms with Crippen molar-refractivity contribution in [1.82, 2.24) is 4.98 Å². The van der Waals surface area contributed by atoms with Crippen molar-refractivity contribution in [2.75, 3.05) is 25.1 Å². The van der Waals surface area contributed by atoms with Crippen LogP contribution in [0.3, 0.4) is 0 Å². The van der Waals surface area contributed by atoms with Gasteiger partial charge in [0.05, 0.1) is 16.0 Å². The first-order valence-corrected chi connectivity index (χ1v) is 5.91. The van der Waals surface area contributed by atoms with Crippen molar-refractivity contribution in [3.05, 3.63) is 27.0 Å². The number of halogens is 1. The first-order chi connectivity index (χ1) is 8.47. The molecule has 1 heterocycles. The maximum atomic E-state index is 11.4. The topological polar surface area (TPSA) is 85.6 Å². The summed E-state index contributed by atoms with van der Waals surface area (Å²) in [5.74, 6) is -0.446. The second-order valence-corrected chi connectivity index (χ2v) is 4.26. The van der Waals surface area contributed by atoms with Gasteiger partial charge in [0.25, 0.3) is 0 Å². The van der Waals surface area contributed by atoms with Crippen LogP contribution in [0, 0.1) is 10.1 Å². The minimum Gasteiger partial charge on any atom is -0.465 e. The van der Waals surface area contributed by atoms with Crippen LogP contribution in [0.25, 0.3) is 0 Å². The van der Waals surface area contributed by atoms with Crippen molar-refractivity contribution in [3.8, 4) is 0 Å². The second kappa shape index (κ2) is 6.29. The van der Waals surface area contributed by atoms with E-state index in [0.29, 0.717) is 10.2 Å². The SMILES string of the molecule is CCOC(=O)CN(C)c1c(Br)cncc1[N+](=O)[O-]. The Morgan fingerprint density at radius 3 is 2.83 bits per heavy atom. The Morgan fingerprint density at radius 2 is 2.28 bits per heavy atom. The zero-order chi connectivity index (χ0) is 13.7. The van der Waals surface area contributed by atoms with Crippen molar-refractivity contribution in [2.45, 2.75) is 6.92 Å². The van der Waals surface area contributed by atoms with Gasteiger partial charge in [-0.1, -0.05) is 0 Å². The Labute approximate surface area is 112 Å². The number of nitrogens with zero attached hydrogens (tertiary/aromatic N) is 3. The molecule has 98 valence electrons. The number of aromatic nitrogens is 1. The molecule has 0 aliphatic heterocycles. The number of pyridine rings is 1. The molecule has 0 N–H and O–H groups in total. The van der Waals surface area contributed by atoms with Crippen LogP contribution >= 0.6 is 15.9 Å². The van der Waals surface area contributed by atoms with E-state index in [2.05, 4.69) is 20.9 Å². The van der Waals surface area contributed by atoms with Gasteiger partial charge in [0.15, 0.2) is 0 Å². The molecular weight excluding hydrogens is 306 g/mol. The van der Waals surface area contributed by atoms with Gasteiger partial charge in [-0.2, -0.15) is 0 Å². The Kier molecular flexibility index (Phi) is 5.02. The van der Waals surface area contributed by atoms with Crippen molar-refractivity contribution in [1.29, 1.82) is 0 Å². The summed E-state index contributed by atoms with van der Waals surface area (Å²) in [6.45, 7) is 1.90. The van der Waals surface area contributed by atoms with Gasteiger partial charge in [0.2, 0.25) is 0 Å². The number of hydrogen-bond donors (Lipinski definition) is 0.